The van der Waals surface area contributed by atoms with E-state index in [-0.39, 0.29) is 5.82 Å². The lowest BCUT2D eigenvalue weighted by Gasteiger charge is -1.99. The molecule has 0 fully saturated rings. The molecule has 18 heavy (non-hydrogen) atoms. The molecule has 2 aromatic rings. The zero-order valence-electron chi connectivity index (χ0n) is 10.4. The predicted octanol–water partition coefficient (Wildman–Crippen LogP) is 2.50. The SMILES string of the molecule is Cc1ccc(-c2noc(CCC(C)O)n2)cc1F. The van der Waals surface area contributed by atoms with Gasteiger partial charge in [-0.15, -0.1) is 0 Å². The van der Waals surface area contributed by atoms with E-state index < -0.39 is 6.10 Å². The number of hydrogen-bond donors (Lipinski definition) is 1. The minimum Gasteiger partial charge on any atom is -0.393 e. The van der Waals surface area contributed by atoms with Crippen LogP contribution in [-0.4, -0.2) is 21.4 Å². The predicted molar refractivity (Wildman–Crippen MR) is 64.4 cm³/mol. The van der Waals surface area contributed by atoms with E-state index in [0.29, 0.717) is 35.7 Å². The number of benzene rings is 1. The topological polar surface area (TPSA) is 59.2 Å². The van der Waals surface area contributed by atoms with Gasteiger partial charge < -0.3 is 9.63 Å². The number of aliphatic hydroxyl groups excluding tert-OH is 1. The monoisotopic (exact) mass is 250 g/mol. The number of rotatable bonds is 4. The lowest BCUT2D eigenvalue weighted by Crippen LogP contribution is -2.01. The third-order valence-corrected chi connectivity index (χ3v) is 2.67. The van der Waals surface area contributed by atoms with Crippen LogP contribution in [0.4, 0.5) is 4.39 Å². The van der Waals surface area contributed by atoms with Crippen molar-refractivity contribution in [3.63, 3.8) is 0 Å². The van der Waals surface area contributed by atoms with Crippen LogP contribution in [0.1, 0.15) is 24.8 Å². The summed E-state index contributed by atoms with van der Waals surface area (Å²) in [5.41, 5.74) is 1.17. The Balaban J connectivity index is 2.16. The Morgan fingerprint density at radius 1 is 1.44 bits per heavy atom. The summed E-state index contributed by atoms with van der Waals surface area (Å²) in [5.74, 6) is 0.532. The minimum absolute atomic E-state index is 0.289. The molecule has 1 aromatic carbocycles. The van der Waals surface area contributed by atoms with Crippen molar-refractivity contribution in [3.05, 3.63) is 35.5 Å². The zero-order valence-corrected chi connectivity index (χ0v) is 10.4. The van der Waals surface area contributed by atoms with Crippen molar-refractivity contribution in [1.82, 2.24) is 10.1 Å². The van der Waals surface area contributed by atoms with Crippen molar-refractivity contribution in [2.24, 2.45) is 0 Å². The van der Waals surface area contributed by atoms with Crippen molar-refractivity contribution < 1.29 is 14.0 Å². The molecule has 96 valence electrons. The fourth-order valence-corrected chi connectivity index (χ4v) is 1.54. The van der Waals surface area contributed by atoms with Crippen molar-refractivity contribution in [3.8, 4) is 11.4 Å². The van der Waals surface area contributed by atoms with E-state index in [1.165, 1.54) is 6.07 Å². The Morgan fingerprint density at radius 2 is 2.22 bits per heavy atom. The summed E-state index contributed by atoms with van der Waals surface area (Å²) >= 11 is 0. The van der Waals surface area contributed by atoms with Gasteiger partial charge >= 0.3 is 0 Å². The van der Waals surface area contributed by atoms with Crippen LogP contribution in [0.15, 0.2) is 22.7 Å². The quantitative estimate of drug-likeness (QED) is 0.905. The summed E-state index contributed by atoms with van der Waals surface area (Å²) in [6, 6.07) is 4.82. The maximum atomic E-state index is 13.4. The number of nitrogens with zero attached hydrogens (tertiary/aromatic N) is 2. The van der Waals surface area contributed by atoms with Crippen molar-refractivity contribution in [1.29, 1.82) is 0 Å². The smallest absolute Gasteiger partial charge is 0.227 e. The third-order valence-electron chi connectivity index (χ3n) is 2.67. The van der Waals surface area contributed by atoms with Crippen LogP contribution in [0.5, 0.6) is 0 Å². The normalized spacial score (nSPS) is 12.7. The van der Waals surface area contributed by atoms with E-state index in [1.807, 2.05) is 0 Å². The second kappa shape index (κ2) is 5.27. The first-order chi connectivity index (χ1) is 8.56. The van der Waals surface area contributed by atoms with E-state index in [4.69, 9.17) is 9.63 Å². The first-order valence-electron chi connectivity index (χ1n) is 5.83. The average Bonchev–Trinajstić information content (AvgIpc) is 2.79. The molecule has 0 aliphatic rings. The van der Waals surface area contributed by atoms with Crippen molar-refractivity contribution in [2.75, 3.05) is 0 Å². The third kappa shape index (κ3) is 2.92. The number of hydrogen-bond acceptors (Lipinski definition) is 4. The Morgan fingerprint density at radius 3 is 2.89 bits per heavy atom. The van der Waals surface area contributed by atoms with Gasteiger partial charge in [0.05, 0.1) is 6.10 Å². The standard InChI is InChI=1S/C13H15FN2O2/c1-8-3-5-10(7-11(8)14)13-15-12(18-16-13)6-4-9(2)17/h3,5,7,9,17H,4,6H2,1-2H3. The van der Waals surface area contributed by atoms with Crippen molar-refractivity contribution in [2.45, 2.75) is 32.8 Å². The molecule has 1 N–H and O–H groups in total. The fraction of sp³-hybridized carbons (Fsp3) is 0.385. The highest BCUT2D eigenvalue weighted by atomic mass is 19.1. The molecular weight excluding hydrogens is 235 g/mol. The minimum atomic E-state index is -0.405. The van der Waals surface area contributed by atoms with Gasteiger partial charge in [0.1, 0.15) is 5.82 Å². The van der Waals surface area contributed by atoms with E-state index in [2.05, 4.69) is 10.1 Å². The van der Waals surface area contributed by atoms with E-state index in [0.717, 1.165) is 0 Å². The second-order valence-corrected chi connectivity index (χ2v) is 4.36. The van der Waals surface area contributed by atoms with Crippen LogP contribution in [-0.2, 0) is 6.42 Å². The number of aryl methyl sites for hydroxylation is 2. The molecule has 0 spiro atoms. The van der Waals surface area contributed by atoms with Gasteiger partial charge in [0.15, 0.2) is 0 Å². The Kier molecular flexibility index (Phi) is 3.72. The molecule has 1 aromatic heterocycles. The average molecular weight is 250 g/mol. The second-order valence-electron chi connectivity index (χ2n) is 4.36. The van der Waals surface area contributed by atoms with Gasteiger partial charge in [0.25, 0.3) is 0 Å². The summed E-state index contributed by atoms with van der Waals surface area (Å²) in [6.07, 6.45) is 0.667. The van der Waals surface area contributed by atoms with E-state index >= 15 is 0 Å². The Hall–Kier alpha value is -1.75. The first-order valence-corrected chi connectivity index (χ1v) is 5.83. The highest BCUT2D eigenvalue weighted by Crippen LogP contribution is 2.19. The van der Waals surface area contributed by atoms with E-state index in [1.54, 1.807) is 26.0 Å². The number of halogens is 1. The summed E-state index contributed by atoms with van der Waals surface area (Å²) in [7, 11) is 0. The molecule has 1 unspecified atom stereocenters. The molecule has 0 aliphatic carbocycles. The van der Waals surface area contributed by atoms with Crippen LogP contribution in [0.25, 0.3) is 11.4 Å². The van der Waals surface area contributed by atoms with Crippen LogP contribution in [0.3, 0.4) is 0 Å². The molecule has 2 rings (SSSR count). The summed E-state index contributed by atoms with van der Waals surface area (Å²) in [4.78, 5) is 4.17. The van der Waals surface area contributed by atoms with Crippen LogP contribution < -0.4 is 0 Å². The molecule has 0 saturated heterocycles. The highest BCUT2D eigenvalue weighted by Gasteiger charge is 2.10. The van der Waals surface area contributed by atoms with Crippen LogP contribution in [0.2, 0.25) is 0 Å². The molecule has 0 aliphatic heterocycles. The summed E-state index contributed by atoms with van der Waals surface area (Å²) in [6.45, 7) is 3.40. The zero-order chi connectivity index (χ0) is 13.1. The first kappa shape index (κ1) is 12.7. The maximum absolute atomic E-state index is 13.4. The van der Waals surface area contributed by atoms with Gasteiger partial charge in [0, 0.05) is 12.0 Å². The lowest BCUT2D eigenvalue weighted by molar-refractivity contribution is 0.180. The molecule has 0 saturated carbocycles. The number of aliphatic hydroxyl groups is 1. The number of aromatic nitrogens is 2. The highest BCUT2D eigenvalue weighted by molar-refractivity contribution is 5.54. The van der Waals surface area contributed by atoms with Crippen LogP contribution in [0, 0.1) is 12.7 Å². The summed E-state index contributed by atoms with van der Waals surface area (Å²) in [5, 5.41) is 13.0. The molecule has 1 atom stereocenters. The van der Waals surface area contributed by atoms with Gasteiger partial charge in [-0.25, -0.2) is 4.39 Å². The Labute approximate surface area is 104 Å². The molecule has 0 radical (unpaired) electrons. The maximum Gasteiger partial charge on any atom is 0.227 e. The van der Waals surface area contributed by atoms with Gasteiger partial charge in [-0.2, -0.15) is 4.98 Å². The van der Waals surface area contributed by atoms with Gasteiger partial charge in [0.2, 0.25) is 11.7 Å². The molecule has 1 heterocycles. The molecule has 4 nitrogen and oxygen atoms in total. The molecule has 0 amide bonds. The largest absolute Gasteiger partial charge is 0.393 e. The van der Waals surface area contributed by atoms with Crippen LogP contribution >= 0.6 is 0 Å². The molecular formula is C13H15FN2O2. The molecule has 0 bridgehead atoms. The summed E-state index contributed by atoms with van der Waals surface area (Å²) < 4.78 is 18.5. The molecule has 5 heteroatoms. The van der Waals surface area contributed by atoms with Gasteiger partial charge in [-0.1, -0.05) is 17.3 Å². The fourth-order valence-electron chi connectivity index (χ4n) is 1.54. The van der Waals surface area contributed by atoms with Gasteiger partial charge in [-0.05, 0) is 31.9 Å². The Bertz CT molecular complexity index is 538. The lowest BCUT2D eigenvalue weighted by atomic mass is 10.1. The van der Waals surface area contributed by atoms with Gasteiger partial charge in [-0.3, -0.25) is 0 Å². The van der Waals surface area contributed by atoms with Crippen molar-refractivity contribution >= 4 is 0 Å². The van der Waals surface area contributed by atoms with E-state index in [9.17, 15) is 4.39 Å².